The molecule has 116 valence electrons. The van der Waals surface area contributed by atoms with Gasteiger partial charge in [-0.3, -0.25) is 14.9 Å². The van der Waals surface area contributed by atoms with E-state index in [9.17, 15) is 19.3 Å². The molecule has 0 radical (unpaired) electrons. The SMILES string of the molecule is CCOC(=O)C(c1ccc([N+](=O)[O-])cc1F)c1cccn1C. The van der Waals surface area contributed by atoms with Crippen molar-refractivity contribution in [2.75, 3.05) is 6.61 Å². The summed E-state index contributed by atoms with van der Waals surface area (Å²) in [5.41, 5.74) is 0.229. The van der Waals surface area contributed by atoms with Crippen molar-refractivity contribution in [3.05, 3.63) is 63.7 Å². The van der Waals surface area contributed by atoms with Gasteiger partial charge in [-0.1, -0.05) is 0 Å². The molecule has 0 amide bonds. The minimum Gasteiger partial charge on any atom is -0.465 e. The van der Waals surface area contributed by atoms with Crippen LogP contribution >= 0.6 is 0 Å². The van der Waals surface area contributed by atoms with Gasteiger partial charge in [0.1, 0.15) is 11.7 Å². The highest BCUT2D eigenvalue weighted by molar-refractivity contribution is 5.82. The van der Waals surface area contributed by atoms with E-state index in [4.69, 9.17) is 4.74 Å². The zero-order valence-corrected chi connectivity index (χ0v) is 12.2. The molecule has 2 aromatic rings. The quantitative estimate of drug-likeness (QED) is 0.483. The van der Waals surface area contributed by atoms with Crippen LogP contribution in [-0.4, -0.2) is 22.1 Å². The van der Waals surface area contributed by atoms with Crippen LogP contribution in [0.4, 0.5) is 10.1 Å². The highest BCUT2D eigenvalue weighted by Gasteiger charge is 2.29. The third-order valence-corrected chi connectivity index (χ3v) is 3.31. The van der Waals surface area contributed by atoms with Crippen molar-refractivity contribution in [1.29, 1.82) is 0 Å². The molecule has 22 heavy (non-hydrogen) atoms. The minimum absolute atomic E-state index is 0.0471. The van der Waals surface area contributed by atoms with Crippen molar-refractivity contribution in [1.82, 2.24) is 4.57 Å². The number of nitrogens with zero attached hydrogens (tertiary/aromatic N) is 2. The molecule has 6 nitrogen and oxygen atoms in total. The average Bonchev–Trinajstić information content (AvgIpc) is 2.87. The van der Waals surface area contributed by atoms with Crippen LogP contribution in [0, 0.1) is 15.9 Å². The molecule has 0 saturated heterocycles. The Bertz CT molecular complexity index is 711. The summed E-state index contributed by atoms with van der Waals surface area (Å²) in [5, 5.41) is 10.7. The predicted octanol–water partition coefficient (Wildman–Crippen LogP) is 2.77. The fourth-order valence-corrected chi connectivity index (χ4v) is 2.27. The number of aryl methyl sites for hydroxylation is 1. The first-order valence-electron chi connectivity index (χ1n) is 6.67. The van der Waals surface area contributed by atoms with E-state index in [1.807, 2.05) is 0 Å². The highest BCUT2D eigenvalue weighted by Crippen LogP contribution is 2.30. The molecule has 1 aromatic carbocycles. The van der Waals surface area contributed by atoms with Crippen LogP contribution in [0.3, 0.4) is 0 Å². The number of rotatable bonds is 5. The Morgan fingerprint density at radius 2 is 2.18 bits per heavy atom. The van der Waals surface area contributed by atoms with E-state index >= 15 is 0 Å². The van der Waals surface area contributed by atoms with Crippen LogP contribution in [0.15, 0.2) is 36.5 Å². The van der Waals surface area contributed by atoms with Crippen molar-refractivity contribution in [2.45, 2.75) is 12.8 Å². The molecule has 0 fully saturated rings. The fourth-order valence-electron chi connectivity index (χ4n) is 2.27. The molecule has 7 heteroatoms. The summed E-state index contributed by atoms with van der Waals surface area (Å²) in [5.74, 6) is -2.38. The van der Waals surface area contributed by atoms with E-state index in [1.165, 1.54) is 12.1 Å². The van der Waals surface area contributed by atoms with Gasteiger partial charge in [0.05, 0.1) is 17.6 Å². The lowest BCUT2D eigenvalue weighted by Gasteiger charge is -2.17. The van der Waals surface area contributed by atoms with Gasteiger partial charge in [0, 0.05) is 30.6 Å². The smallest absolute Gasteiger partial charge is 0.319 e. The molecule has 0 spiro atoms. The van der Waals surface area contributed by atoms with Crippen molar-refractivity contribution in [2.24, 2.45) is 7.05 Å². The van der Waals surface area contributed by atoms with Gasteiger partial charge >= 0.3 is 5.97 Å². The number of hydrogen-bond donors (Lipinski definition) is 0. The number of nitro benzene ring substituents is 1. The van der Waals surface area contributed by atoms with Gasteiger partial charge < -0.3 is 9.30 Å². The minimum atomic E-state index is -0.972. The maximum absolute atomic E-state index is 14.3. The lowest BCUT2D eigenvalue weighted by molar-refractivity contribution is -0.385. The standard InChI is InChI=1S/C15H15FN2O4/c1-3-22-15(19)14(13-5-4-8-17(13)2)11-7-6-10(18(20)21)9-12(11)16/h4-9,14H,3H2,1-2H3. The van der Waals surface area contributed by atoms with Crippen molar-refractivity contribution >= 4 is 11.7 Å². The van der Waals surface area contributed by atoms with E-state index in [1.54, 1.807) is 36.9 Å². The predicted molar refractivity (Wildman–Crippen MR) is 76.9 cm³/mol. The number of carbonyl (C=O) groups excluding carboxylic acids is 1. The van der Waals surface area contributed by atoms with Crippen LogP contribution < -0.4 is 0 Å². The third-order valence-electron chi connectivity index (χ3n) is 3.31. The third kappa shape index (κ3) is 2.98. The summed E-state index contributed by atoms with van der Waals surface area (Å²) in [4.78, 5) is 22.2. The molecule has 1 aromatic heterocycles. The maximum atomic E-state index is 14.3. The zero-order valence-electron chi connectivity index (χ0n) is 12.2. The van der Waals surface area contributed by atoms with Crippen LogP contribution in [-0.2, 0) is 16.6 Å². The second-order valence-corrected chi connectivity index (χ2v) is 4.69. The summed E-state index contributed by atoms with van der Waals surface area (Å²) in [6, 6.07) is 6.65. The monoisotopic (exact) mass is 306 g/mol. The summed E-state index contributed by atoms with van der Waals surface area (Å²) >= 11 is 0. The lowest BCUT2D eigenvalue weighted by atomic mass is 9.94. The van der Waals surface area contributed by atoms with Gasteiger partial charge in [0.25, 0.3) is 5.69 Å². The number of carbonyl (C=O) groups is 1. The summed E-state index contributed by atoms with van der Waals surface area (Å²) in [6.45, 7) is 1.82. The molecule has 0 N–H and O–H groups in total. The summed E-state index contributed by atoms with van der Waals surface area (Å²) in [7, 11) is 1.73. The van der Waals surface area contributed by atoms with E-state index < -0.39 is 22.6 Å². The summed E-state index contributed by atoms with van der Waals surface area (Å²) < 4.78 is 21.0. The highest BCUT2D eigenvalue weighted by atomic mass is 19.1. The second-order valence-electron chi connectivity index (χ2n) is 4.69. The van der Waals surface area contributed by atoms with E-state index in [2.05, 4.69) is 0 Å². The number of nitro groups is 1. The number of ether oxygens (including phenoxy) is 1. The van der Waals surface area contributed by atoms with E-state index in [-0.39, 0.29) is 17.9 Å². The maximum Gasteiger partial charge on any atom is 0.319 e. The van der Waals surface area contributed by atoms with Gasteiger partial charge in [0.2, 0.25) is 0 Å². The van der Waals surface area contributed by atoms with Gasteiger partial charge in [-0.05, 0) is 25.1 Å². The van der Waals surface area contributed by atoms with E-state index in [0.717, 1.165) is 6.07 Å². The number of aromatic nitrogens is 1. The van der Waals surface area contributed by atoms with Crippen molar-refractivity contribution < 1.29 is 18.8 Å². The van der Waals surface area contributed by atoms with Gasteiger partial charge in [0.15, 0.2) is 0 Å². The molecule has 2 rings (SSSR count). The average molecular weight is 306 g/mol. The largest absolute Gasteiger partial charge is 0.465 e. The Kier molecular flexibility index (Phi) is 4.55. The van der Waals surface area contributed by atoms with Crippen LogP contribution in [0.5, 0.6) is 0 Å². The topological polar surface area (TPSA) is 74.4 Å². The normalized spacial score (nSPS) is 12.0. The first kappa shape index (κ1) is 15.7. The zero-order chi connectivity index (χ0) is 16.3. The van der Waals surface area contributed by atoms with Gasteiger partial charge in [-0.2, -0.15) is 0 Å². The number of hydrogen-bond acceptors (Lipinski definition) is 4. The molecule has 1 heterocycles. The molecule has 0 bridgehead atoms. The first-order chi connectivity index (χ1) is 10.5. The lowest BCUT2D eigenvalue weighted by Crippen LogP contribution is -2.20. The number of benzene rings is 1. The molecule has 0 aliphatic rings. The summed E-state index contributed by atoms with van der Waals surface area (Å²) in [6.07, 6.45) is 1.73. The second kappa shape index (κ2) is 6.38. The van der Waals surface area contributed by atoms with Crippen molar-refractivity contribution in [3.63, 3.8) is 0 Å². The first-order valence-corrected chi connectivity index (χ1v) is 6.67. The number of halogens is 1. The Balaban J connectivity index is 2.52. The number of non-ortho nitro benzene ring substituents is 1. The Morgan fingerprint density at radius 3 is 2.68 bits per heavy atom. The van der Waals surface area contributed by atoms with Crippen LogP contribution in [0.2, 0.25) is 0 Å². The van der Waals surface area contributed by atoms with Gasteiger partial charge in [-0.25, -0.2) is 4.39 Å². The molecule has 0 saturated carbocycles. The Morgan fingerprint density at radius 1 is 1.45 bits per heavy atom. The fraction of sp³-hybridized carbons (Fsp3) is 0.267. The van der Waals surface area contributed by atoms with E-state index in [0.29, 0.717) is 5.69 Å². The Hall–Kier alpha value is -2.70. The molecule has 0 aliphatic carbocycles. The van der Waals surface area contributed by atoms with Crippen LogP contribution in [0.1, 0.15) is 24.1 Å². The Labute approximate surface area is 126 Å². The molecular weight excluding hydrogens is 291 g/mol. The van der Waals surface area contributed by atoms with Gasteiger partial charge in [-0.15, -0.1) is 0 Å². The van der Waals surface area contributed by atoms with Crippen molar-refractivity contribution in [3.8, 4) is 0 Å². The molecule has 0 aliphatic heterocycles. The molecular formula is C15H15FN2O4. The molecule has 1 atom stereocenters. The molecule has 1 unspecified atom stereocenters. The number of esters is 1. The van der Waals surface area contributed by atoms with Crippen LogP contribution in [0.25, 0.3) is 0 Å².